The van der Waals surface area contributed by atoms with Crippen LogP contribution in [0.2, 0.25) is 0 Å². The predicted molar refractivity (Wildman–Crippen MR) is 88.7 cm³/mol. The van der Waals surface area contributed by atoms with Gasteiger partial charge in [0.2, 0.25) is 0 Å². The van der Waals surface area contributed by atoms with Crippen LogP contribution in [-0.4, -0.2) is 45.8 Å². The van der Waals surface area contributed by atoms with E-state index in [1.165, 1.54) is 19.1 Å². The minimum absolute atomic E-state index is 0.0310. The summed E-state index contributed by atoms with van der Waals surface area (Å²) < 4.78 is 21.5. The molecule has 0 N–H and O–H groups in total. The lowest BCUT2D eigenvalue weighted by molar-refractivity contribution is -0.182. The summed E-state index contributed by atoms with van der Waals surface area (Å²) in [6.07, 6.45) is 4.82. The first-order valence-corrected chi connectivity index (χ1v) is 8.69. The van der Waals surface area contributed by atoms with Crippen molar-refractivity contribution in [1.82, 2.24) is 0 Å². The van der Waals surface area contributed by atoms with Crippen LogP contribution in [0.1, 0.15) is 30.4 Å². The number of rotatable bonds is 7. The van der Waals surface area contributed by atoms with Gasteiger partial charge < -0.3 is 18.9 Å². The van der Waals surface area contributed by atoms with E-state index in [-0.39, 0.29) is 12.3 Å². The van der Waals surface area contributed by atoms with Crippen molar-refractivity contribution in [2.75, 3.05) is 33.5 Å². The Labute approximate surface area is 143 Å². The maximum atomic E-state index is 11.9. The molecule has 1 unspecified atom stereocenters. The summed E-state index contributed by atoms with van der Waals surface area (Å²) in [5, 5.41) is 0. The molecule has 0 radical (unpaired) electrons. The highest BCUT2D eigenvalue weighted by Crippen LogP contribution is 2.33. The fraction of sp³-hybridized carbons (Fsp3) is 0.632. The highest BCUT2D eigenvalue weighted by atomic mass is 16.7. The van der Waals surface area contributed by atoms with Crippen LogP contribution in [0.3, 0.4) is 0 Å². The van der Waals surface area contributed by atoms with Gasteiger partial charge in [0, 0.05) is 6.61 Å². The second-order valence-electron chi connectivity index (χ2n) is 6.67. The van der Waals surface area contributed by atoms with Gasteiger partial charge >= 0.3 is 5.97 Å². The second kappa shape index (κ2) is 8.10. The zero-order chi connectivity index (χ0) is 16.8. The molecule has 5 heteroatoms. The third-order valence-corrected chi connectivity index (χ3v) is 4.77. The number of carbonyl (C=O) groups excluding carboxylic acids is 1. The number of hydrogen-bond acceptors (Lipinski definition) is 5. The van der Waals surface area contributed by atoms with E-state index in [4.69, 9.17) is 18.9 Å². The first-order valence-electron chi connectivity index (χ1n) is 8.69. The summed E-state index contributed by atoms with van der Waals surface area (Å²) in [7, 11) is 1.43. The molecule has 2 aliphatic rings. The Balaban J connectivity index is 1.47. The summed E-state index contributed by atoms with van der Waals surface area (Å²) in [6.45, 7) is 2.36. The SMILES string of the molecule is COC(=O)C1(Cc2ccc(CCOC3CCCCO3)cc2)COC1. The van der Waals surface area contributed by atoms with E-state index in [1.54, 1.807) is 0 Å². The van der Waals surface area contributed by atoms with E-state index in [2.05, 4.69) is 24.3 Å². The third kappa shape index (κ3) is 4.15. The molecule has 132 valence electrons. The Kier molecular flexibility index (Phi) is 5.87. The van der Waals surface area contributed by atoms with Gasteiger partial charge in [0.1, 0.15) is 5.41 Å². The first kappa shape index (κ1) is 17.4. The quantitative estimate of drug-likeness (QED) is 0.717. The number of esters is 1. The van der Waals surface area contributed by atoms with Crippen LogP contribution >= 0.6 is 0 Å². The second-order valence-corrected chi connectivity index (χ2v) is 6.67. The Morgan fingerprint density at radius 3 is 2.54 bits per heavy atom. The van der Waals surface area contributed by atoms with Crippen molar-refractivity contribution in [1.29, 1.82) is 0 Å². The number of methoxy groups -OCH3 is 1. The number of hydrogen-bond donors (Lipinski definition) is 0. The van der Waals surface area contributed by atoms with Gasteiger partial charge in [-0.15, -0.1) is 0 Å². The van der Waals surface area contributed by atoms with E-state index < -0.39 is 5.41 Å². The molecule has 2 aliphatic heterocycles. The average Bonchev–Trinajstić information content (AvgIpc) is 2.60. The van der Waals surface area contributed by atoms with Crippen molar-refractivity contribution in [3.05, 3.63) is 35.4 Å². The van der Waals surface area contributed by atoms with Gasteiger partial charge in [-0.3, -0.25) is 4.79 Å². The molecule has 0 saturated carbocycles. The molecule has 0 bridgehead atoms. The minimum atomic E-state index is -0.502. The molecular formula is C19H26O5. The van der Waals surface area contributed by atoms with Crippen LogP contribution in [0.5, 0.6) is 0 Å². The summed E-state index contributed by atoms with van der Waals surface area (Å²) in [6, 6.07) is 8.36. The lowest BCUT2D eigenvalue weighted by Gasteiger charge is -2.38. The summed E-state index contributed by atoms with van der Waals surface area (Å²) in [5.74, 6) is -0.182. The van der Waals surface area contributed by atoms with E-state index in [9.17, 15) is 4.79 Å². The summed E-state index contributed by atoms with van der Waals surface area (Å²) in [4.78, 5) is 11.9. The highest BCUT2D eigenvalue weighted by Gasteiger charge is 2.47. The minimum Gasteiger partial charge on any atom is -0.468 e. The molecule has 3 rings (SSSR count). The molecule has 2 heterocycles. The maximum absolute atomic E-state index is 11.9. The molecule has 5 nitrogen and oxygen atoms in total. The zero-order valence-electron chi connectivity index (χ0n) is 14.3. The van der Waals surface area contributed by atoms with Crippen molar-refractivity contribution in [3.63, 3.8) is 0 Å². The van der Waals surface area contributed by atoms with Crippen molar-refractivity contribution in [2.45, 2.75) is 38.4 Å². The Morgan fingerprint density at radius 1 is 1.21 bits per heavy atom. The van der Waals surface area contributed by atoms with Crippen molar-refractivity contribution < 1.29 is 23.7 Å². The molecule has 0 spiro atoms. The fourth-order valence-corrected chi connectivity index (χ4v) is 3.22. The van der Waals surface area contributed by atoms with Gasteiger partial charge in [-0.2, -0.15) is 0 Å². The zero-order valence-corrected chi connectivity index (χ0v) is 14.3. The summed E-state index contributed by atoms with van der Waals surface area (Å²) >= 11 is 0. The molecule has 2 fully saturated rings. The normalized spacial score (nSPS) is 22.6. The van der Waals surface area contributed by atoms with Gasteiger partial charge in [0.05, 0.1) is 26.9 Å². The molecule has 2 saturated heterocycles. The molecule has 0 aliphatic carbocycles. The largest absolute Gasteiger partial charge is 0.468 e. The van der Waals surface area contributed by atoms with E-state index in [1.807, 2.05) is 0 Å². The molecular weight excluding hydrogens is 308 g/mol. The standard InChI is InChI=1S/C19H26O5/c1-21-18(20)19(13-22-14-19)12-16-7-5-15(6-8-16)9-11-24-17-4-2-3-10-23-17/h5-8,17H,2-4,9-14H2,1H3. The maximum Gasteiger partial charge on any atom is 0.316 e. The average molecular weight is 334 g/mol. The van der Waals surface area contributed by atoms with E-state index in [0.717, 1.165) is 31.4 Å². The van der Waals surface area contributed by atoms with Crippen LogP contribution in [0.4, 0.5) is 0 Å². The number of carbonyl (C=O) groups is 1. The highest BCUT2D eigenvalue weighted by molar-refractivity contribution is 5.78. The van der Waals surface area contributed by atoms with Crippen molar-refractivity contribution in [2.24, 2.45) is 5.41 Å². The number of ether oxygens (including phenoxy) is 4. The van der Waals surface area contributed by atoms with Crippen molar-refractivity contribution in [3.8, 4) is 0 Å². The summed E-state index contributed by atoms with van der Waals surface area (Å²) in [5.41, 5.74) is 1.85. The van der Waals surface area contributed by atoms with Gasteiger partial charge in [-0.25, -0.2) is 0 Å². The monoisotopic (exact) mass is 334 g/mol. The van der Waals surface area contributed by atoms with E-state index >= 15 is 0 Å². The molecule has 1 atom stereocenters. The lowest BCUT2D eigenvalue weighted by atomic mass is 9.79. The van der Waals surface area contributed by atoms with Gasteiger partial charge in [-0.1, -0.05) is 24.3 Å². The van der Waals surface area contributed by atoms with Crippen molar-refractivity contribution >= 4 is 5.97 Å². The molecule has 1 aromatic rings. The lowest BCUT2D eigenvalue weighted by Crippen LogP contribution is -2.51. The van der Waals surface area contributed by atoms with Crippen LogP contribution in [0.25, 0.3) is 0 Å². The predicted octanol–water partition coefficient (Wildman–Crippen LogP) is 2.50. The Hall–Kier alpha value is -1.43. The van der Waals surface area contributed by atoms with Crippen LogP contribution in [0, 0.1) is 5.41 Å². The third-order valence-electron chi connectivity index (χ3n) is 4.77. The molecule has 24 heavy (non-hydrogen) atoms. The smallest absolute Gasteiger partial charge is 0.316 e. The Bertz CT molecular complexity index is 529. The molecule has 0 amide bonds. The topological polar surface area (TPSA) is 54.0 Å². The van der Waals surface area contributed by atoms with Gasteiger partial charge in [0.15, 0.2) is 6.29 Å². The Morgan fingerprint density at radius 2 is 1.96 bits per heavy atom. The van der Waals surface area contributed by atoms with Crippen LogP contribution < -0.4 is 0 Å². The van der Waals surface area contributed by atoms with Gasteiger partial charge in [-0.05, 0) is 43.2 Å². The van der Waals surface area contributed by atoms with Crippen LogP contribution in [-0.2, 0) is 36.6 Å². The number of benzene rings is 1. The van der Waals surface area contributed by atoms with Crippen LogP contribution in [0.15, 0.2) is 24.3 Å². The first-order chi connectivity index (χ1) is 11.7. The van der Waals surface area contributed by atoms with E-state index in [0.29, 0.717) is 26.2 Å². The molecule has 0 aromatic heterocycles. The van der Waals surface area contributed by atoms with Gasteiger partial charge in [0.25, 0.3) is 0 Å². The molecule has 1 aromatic carbocycles. The fourth-order valence-electron chi connectivity index (χ4n) is 3.22.